The van der Waals surface area contributed by atoms with Gasteiger partial charge in [-0.15, -0.1) is 0 Å². The van der Waals surface area contributed by atoms with Gasteiger partial charge in [0.2, 0.25) is 11.8 Å². The third-order valence-corrected chi connectivity index (χ3v) is 8.37. The van der Waals surface area contributed by atoms with Crippen LogP contribution in [0.1, 0.15) is 17.0 Å². The molecule has 3 aliphatic rings. The largest absolute Gasteiger partial charge is 0.425 e. The van der Waals surface area contributed by atoms with E-state index in [1.807, 2.05) is 66.7 Å². The fourth-order valence-corrected chi connectivity index (χ4v) is 6.56. The summed E-state index contributed by atoms with van der Waals surface area (Å²) in [5.74, 6) is -5.06. The van der Waals surface area contributed by atoms with Crippen LogP contribution in [0.5, 0.6) is 5.75 Å². The minimum absolute atomic E-state index is 0.0120. The van der Waals surface area contributed by atoms with E-state index in [0.717, 1.165) is 27.3 Å². The molecule has 196 valence electrons. The molecule has 40 heavy (non-hydrogen) atoms. The van der Waals surface area contributed by atoms with Crippen LogP contribution in [0.15, 0.2) is 91.0 Å². The van der Waals surface area contributed by atoms with Crippen molar-refractivity contribution < 1.29 is 24.0 Å². The number of benzene rings is 4. The van der Waals surface area contributed by atoms with Crippen molar-refractivity contribution in [2.24, 2.45) is 17.8 Å². The maximum absolute atomic E-state index is 14.2. The zero-order valence-corrected chi connectivity index (χ0v) is 21.4. The fraction of sp³-hybridized carbons (Fsp3) is 0.129. The second-order valence-corrected chi connectivity index (χ2v) is 10.5. The van der Waals surface area contributed by atoms with Crippen molar-refractivity contribution in [2.45, 2.75) is 5.92 Å². The van der Waals surface area contributed by atoms with E-state index in [1.54, 1.807) is 6.07 Å². The Hall–Kier alpha value is -4.82. The number of hydrogen-bond acceptors (Lipinski definition) is 6. The molecule has 0 saturated carbocycles. The van der Waals surface area contributed by atoms with Crippen LogP contribution < -0.4 is 9.64 Å². The molecule has 1 saturated heterocycles. The number of non-ortho nitro benzene ring substituents is 1. The third kappa shape index (κ3) is 3.42. The summed E-state index contributed by atoms with van der Waals surface area (Å²) in [6.45, 7) is 0. The molecular weight excluding hydrogens is 532 g/mol. The van der Waals surface area contributed by atoms with Crippen molar-refractivity contribution in [2.75, 3.05) is 4.90 Å². The number of ether oxygens (including phenoxy) is 1. The lowest BCUT2D eigenvalue weighted by Crippen LogP contribution is -2.42. The SMILES string of the molecule is O=C1Oc2ccc3ccccc3c2C2=C[C@H](c3ccccc3)[C@@H]3C(=O)N(c4cc([N+](=O)[O-])ccc4Cl)C(=O)[C@@H]3[C@@H]12. The van der Waals surface area contributed by atoms with Crippen molar-refractivity contribution in [3.05, 3.63) is 117 Å². The summed E-state index contributed by atoms with van der Waals surface area (Å²) in [7, 11) is 0. The molecule has 1 aliphatic carbocycles. The number of anilines is 1. The first-order valence-corrected chi connectivity index (χ1v) is 13.0. The Morgan fingerprint density at radius 1 is 0.850 bits per heavy atom. The molecule has 4 atom stereocenters. The molecule has 4 aromatic carbocycles. The Morgan fingerprint density at radius 2 is 1.57 bits per heavy atom. The summed E-state index contributed by atoms with van der Waals surface area (Å²) in [6.07, 6.45) is 1.91. The Balaban J connectivity index is 1.46. The van der Waals surface area contributed by atoms with Crippen LogP contribution in [0, 0.1) is 27.9 Å². The van der Waals surface area contributed by atoms with Gasteiger partial charge in [0.05, 0.1) is 33.4 Å². The molecule has 1 fully saturated rings. The van der Waals surface area contributed by atoms with Gasteiger partial charge in [-0.1, -0.05) is 78.3 Å². The van der Waals surface area contributed by atoms with Gasteiger partial charge in [0, 0.05) is 23.6 Å². The molecule has 2 heterocycles. The summed E-state index contributed by atoms with van der Waals surface area (Å²) in [5.41, 5.74) is 1.76. The lowest BCUT2D eigenvalue weighted by Gasteiger charge is -2.38. The Kier molecular flexibility index (Phi) is 5.37. The first-order valence-electron chi connectivity index (χ1n) is 12.7. The van der Waals surface area contributed by atoms with Gasteiger partial charge in [-0.05, 0) is 34.0 Å². The molecule has 8 nitrogen and oxygen atoms in total. The number of fused-ring (bicyclic) bond motifs is 7. The number of imide groups is 1. The van der Waals surface area contributed by atoms with Gasteiger partial charge in [0.25, 0.3) is 5.69 Å². The topological polar surface area (TPSA) is 107 Å². The van der Waals surface area contributed by atoms with Crippen LogP contribution in [0.2, 0.25) is 5.02 Å². The van der Waals surface area contributed by atoms with E-state index in [1.165, 1.54) is 12.1 Å². The highest BCUT2D eigenvalue weighted by Crippen LogP contribution is 2.56. The summed E-state index contributed by atoms with van der Waals surface area (Å²) in [4.78, 5) is 53.6. The second kappa shape index (κ2) is 8.86. The third-order valence-electron chi connectivity index (χ3n) is 8.05. The average molecular weight is 551 g/mol. The van der Waals surface area contributed by atoms with E-state index in [2.05, 4.69) is 0 Å². The van der Waals surface area contributed by atoms with Crippen LogP contribution in [-0.2, 0) is 14.4 Å². The number of nitro groups is 1. The van der Waals surface area contributed by atoms with Gasteiger partial charge in [-0.2, -0.15) is 0 Å². The Bertz CT molecular complexity index is 1820. The molecule has 0 radical (unpaired) electrons. The van der Waals surface area contributed by atoms with Gasteiger partial charge < -0.3 is 4.74 Å². The number of rotatable bonds is 3. The van der Waals surface area contributed by atoms with Gasteiger partial charge in [-0.3, -0.25) is 24.5 Å². The fourth-order valence-electron chi connectivity index (χ4n) is 6.36. The van der Waals surface area contributed by atoms with Gasteiger partial charge in [-0.25, -0.2) is 4.90 Å². The van der Waals surface area contributed by atoms with Gasteiger partial charge in [0.1, 0.15) is 5.75 Å². The van der Waals surface area contributed by atoms with Crippen molar-refractivity contribution in [3.8, 4) is 5.75 Å². The number of amides is 2. The highest BCUT2D eigenvalue weighted by atomic mass is 35.5. The molecule has 0 spiro atoms. The summed E-state index contributed by atoms with van der Waals surface area (Å²) in [6, 6.07) is 24.2. The van der Waals surface area contributed by atoms with E-state index in [0.29, 0.717) is 16.9 Å². The van der Waals surface area contributed by atoms with E-state index in [4.69, 9.17) is 16.3 Å². The lowest BCUT2D eigenvalue weighted by atomic mass is 9.64. The lowest BCUT2D eigenvalue weighted by molar-refractivity contribution is -0.384. The van der Waals surface area contributed by atoms with Gasteiger partial charge >= 0.3 is 5.97 Å². The van der Waals surface area contributed by atoms with Crippen molar-refractivity contribution in [1.29, 1.82) is 0 Å². The number of esters is 1. The number of allylic oxidation sites excluding steroid dienone is 1. The number of halogens is 1. The number of carbonyl (C=O) groups is 3. The molecule has 4 aromatic rings. The van der Waals surface area contributed by atoms with Crippen LogP contribution in [-0.4, -0.2) is 22.7 Å². The monoisotopic (exact) mass is 550 g/mol. The highest BCUT2D eigenvalue weighted by molar-refractivity contribution is 6.36. The summed E-state index contributed by atoms with van der Waals surface area (Å²) in [5, 5.41) is 13.3. The van der Waals surface area contributed by atoms with Crippen molar-refractivity contribution in [3.63, 3.8) is 0 Å². The molecule has 0 aromatic heterocycles. The van der Waals surface area contributed by atoms with E-state index >= 15 is 0 Å². The first-order chi connectivity index (χ1) is 19.3. The first kappa shape index (κ1) is 24.2. The maximum Gasteiger partial charge on any atom is 0.319 e. The van der Waals surface area contributed by atoms with Crippen LogP contribution in [0.3, 0.4) is 0 Å². The van der Waals surface area contributed by atoms with Gasteiger partial charge in [0.15, 0.2) is 0 Å². The smallest absolute Gasteiger partial charge is 0.319 e. The number of carbonyl (C=O) groups excluding carboxylic acids is 3. The van der Waals surface area contributed by atoms with Crippen LogP contribution >= 0.6 is 11.6 Å². The molecule has 0 N–H and O–H groups in total. The minimum atomic E-state index is -1.09. The standard InChI is InChI=1S/C31H19ClN2O6/c32-22-12-11-18(34(38)39)14-23(22)33-29(35)26-20(16-6-2-1-3-7-16)15-21-25-19-9-5-4-8-17(19)10-13-24(25)40-31(37)27(21)28(26)30(33)36/h1-15,20,26-28H/t20-,26+,27+,28+/m1/s1. The molecule has 0 bridgehead atoms. The quantitative estimate of drug-likeness (QED) is 0.103. The molecular formula is C31H19ClN2O6. The number of nitrogens with zero attached hydrogens (tertiary/aromatic N) is 2. The van der Waals surface area contributed by atoms with E-state index in [-0.39, 0.29) is 16.4 Å². The van der Waals surface area contributed by atoms with Crippen LogP contribution in [0.25, 0.3) is 16.3 Å². The van der Waals surface area contributed by atoms with Crippen molar-refractivity contribution >= 4 is 57.1 Å². The van der Waals surface area contributed by atoms with Crippen LogP contribution in [0.4, 0.5) is 11.4 Å². The molecule has 2 amide bonds. The second-order valence-electron chi connectivity index (χ2n) is 10.1. The Morgan fingerprint density at radius 3 is 2.35 bits per heavy atom. The van der Waals surface area contributed by atoms with E-state index < -0.39 is 46.4 Å². The molecule has 7 rings (SSSR count). The number of hydrogen-bond donors (Lipinski definition) is 0. The number of nitro benzene ring substituents is 1. The normalized spacial score (nSPS) is 23.3. The summed E-state index contributed by atoms with van der Waals surface area (Å²) >= 11 is 6.39. The summed E-state index contributed by atoms with van der Waals surface area (Å²) < 4.78 is 5.78. The van der Waals surface area contributed by atoms with E-state index in [9.17, 15) is 24.5 Å². The predicted molar refractivity (Wildman–Crippen MR) is 148 cm³/mol. The minimum Gasteiger partial charge on any atom is -0.425 e. The maximum atomic E-state index is 14.2. The highest BCUT2D eigenvalue weighted by Gasteiger charge is 2.60. The zero-order valence-electron chi connectivity index (χ0n) is 20.7. The zero-order chi connectivity index (χ0) is 27.7. The molecule has 9 heteroatoms. The average Bonchev–Trinajstić information content (AvgIpc) is 3.22. The van der Waals surface area contributed by atoms with Crippen molar-refractivity contribution in [1.82, 2.24) is 0 Å². The molecule has 0 unspecified atom stereocenters. The molecule has 2 aliphatic heterocycles. The predicted octanol–water partition coefficient (Wildman–Crippen LogP) is 5.92. The Labute approximate surface area is 232 Å².